The van der Waals surface area contributed by atoms with Gasteiger partial charge in [-0.3, -0.25) is 4.90 Å². The van der Waals surface area contributed by atoms with E-state index in [2.05, 4.69) is 36.1 Å². The fourth-order valence-electron chi connectivity index (χ4n) is 2.08. The number of halogens is 1. The molecule has 2 rings (SSSR count). The van der Waals surface area contributed by atoms with Crippen molar-refractivity contribution in [3.8, 4) is 0 Å². The van der Waals surface area contributed by atoms with E-state index >= 15 is 0 Å². The van der Waals surface area contributed by atoms with Crippen LogP contribution in [-0.4, -0.2) is 28.5 Å². The average Bonchev–Trinajstić information content (AvgIpc) is 2.30. The van der Waals surface area contributed by atoms with Crippen LogP contribution in [0.15, 0.2) is 24.3 Å². The van der Waals surface area contributed by atoms with Crippen molar-refractivity contribution < 1.29 is 0 Å². The molecule has 0 saturated carbocycles. The third-order valence-electron chi connectivity index (χ3n) is 3.00. The zero-order valence-electron chi connectivity index (χ0n) is 9.66. The van der Waals surface area contributed by atoms with Gasteiger partial charge < -0.3 is 0 Å². The van der Waals surface area contributed by atoms with Crippen LogP contribution in [-0.2, 0) is 13.0 Å². The summed E-state index contributed by atoms with van der Waals surface area (Å²) in [5.74, 6) is 2.37. The summed E-state index contributed by atoms with van der Waals surface area (Å²) in [5, 5.41) is 0. The Kier molecular flexibility index (Phi) is 4.56. The van der Waals surface area contributed by atoms with Crippen LogP contribution in [0.5, 0.6) is 0 Å². The molecule has 0 aliphatic carbocycles. The van der Waals surface area contributed by atoms with Crippen LogP contribution in [0.1, 0.15) is 18.1 Å². The molecule has 1 aromatic carbocycles. The molecule has 1 nitrogen and oxygen atoms in total. The molecule has 0 saturated heterocycles. The van der Waals surface area contributed by atoms with Crippen LogP contribution in [0.2, 0.25) is 0 Å². The molecular formula is C13H18ClNS. The third kappa shape index (κ3) is 2.93. The second kappa shape index (κ2) is 5.95. The van der Waals surface area contributed by atoms with Gasteiger partial charge in [-0.2, -0.15) is 11.8 Å². The molecule has 1 heterocycles. The number of benzene rings is 1. The van der Waals surface area contributed by atoms with Gasteiger partial charge in [0, 0.05) is 25.3 Å². The molecule has 0 amide bonds. The summed E-state index contributed by atoms with van der Waals surface area (Å²) in [5.41, 5.74) is 3.04. The van der Waals surface area contributed by atoms with Gasteiger partial charge in [0.25, 0.3) is 0 Å². The van der Waals surface area contributed by atoms with Gasteiger partial charge in [-0.1, -0.05) is 31.2 Å². The summed E-state index contributed by atoms with van der Waals surface area (Å²) in [6, 6.07) is 8.64. The van der Waals surface area contributed by atoms with E-state index in [9.17, 15) is 0 Å². The molecule has 0 spiro atoms. The average molecular weight is 256 g/mol. The van der Waals surface area contributed by atoms with E-state index in [4.69, 9.17) is 11.6 Å². The Morgan fingerprint density at radius 1 is 1.38 bits per heavy atom. The monoisotopic (exact) mass is 255 g/mol. The molecule has 1 aliphatic rings. The molecule has 0 aromatic heterocycles. The quantitative estimate of drug-likeness (QED) is 0.461. The topological polar surface area (TPSA) is 3.24 Å². The smallest absolute Gasteiger partial charge is 0.0894 e. The minimum Gasteiger partial charge on any atom is -0.282 e. The van der Waals surface area contributed by atoms with Gasteiger partial charge in [0.2, 0.25) is 0 Å². The van der Waals surface area contributed by atoms with Gasteiger partial charge in [-0.25, -0.2) is 0 Å². The van der Waals surface area contributed by atoms with Crippen LogP contribution < -0.4 is 0 Å². The first-order valence-electron chi connectivity index (χ1n) is 5.84. The summed E-state index contributed by atoms with van der Waals surface area (Å²) in [6.07, 6.45) is 0.981. The largest absolute Gasteiger partial charge is 0.282 e. The Labute approximate surface area is 107 Å². The van der Waals surface area contributed by atoms with Gasteiger partial charge in [-0.15, -0.1) is 11.6 Å². The molecular weight excluding hydrogens is 238 g/mol. The third-order valence-corrected chi connectivity index (χ3v) is 4.31. The number of rotatable bonds is 4. The Morgan fingerprint density at radius 3 is 2.88 bits per heavy atom. The van der Waals surface area contributed by atoms with Crippen molar-refractivity contribution in [1.82, 2.24) is 4.90 Å². The zero-order chi connectivity index (χ0) is 11.4. The number of thioether (sulfide) groups is 1. The molecule has 16 heavy (non-hydrogen) atoms. The highest BCUT2D eigenvalue weighted by Crippen LogP contribution is 2.25. The van der Waals surface area contributed by atoms with Crippen molar-refractivity contribution in [1.29, 1.82) is 0 Å². The zero-order valence-corrected chi connectivity index (χ0v) is 11.2. The maximum Gasteiger partial charge on any atom is 0.0894 e. The minimum atomic E-state index is 0.173. The van der Waals surface area contributed by atoms with Crippen LogP contribution >= 0.6 is 23.4 Å². The molecule has 0 fully saturated rings. The number of hydrogen-bond donors (Lipinski definition) is 0. The standard InChI is InChI=1S/C13H18ClNS/c1-2-16-8-7-15-10-12-6-4-3-5-11(12)9-13(15)14/h3-6,13H,2,7-10H2,1H3/t13-/m0/s1. The molecule has 88 valence electrons. The maximum atomic E-state index is 6.41. The summed E-state index contributed by atoms with van der Waals surface area (Å²) in [6.45, 7) is 4.31. The number of alkyl halides is 1. The second-order valence-electron chi connectivity index (χ2n) is 4.07. The highest BCUT2D eigenvalue weighted by molar-refractivity contribution is 7.99. The first kappa shape index (κ1) is 12.3. The van der Waals surface area contributed by atoms with E-state index in [0.717, 1.165) is 19.5 Å². The molecule has 0 unspecified atom stereocenters. The predicted molar refractivity (Wildman–Crippen MR) is 73.2 cm³/mol. The van der Waals surface area contributed by atoms with Crippen LogP contribution in [0.4, 0.5) is 0 Å². The lowest BCUT2D eigenvalue weighted by molar-refractivity contribution is 0.241. The molecule has 1 atom stereocenters. The molecule has 1 aromatic rings. The lowest BCUT2D eigenvalue weighted by atomic mass is 10.00. The van der Waals surface area contributed by atoms with Crippen molar-refractivity contribution >= 4 is 23.4 Å². The van der Waals surface area contributed by atoms with Gasteiger partial charge in [-0.05, 0) is 16.9 Å². The fraction of sp³-hybridized carbons (Fsp3) is 0.538. The molecule has 1 aliphatic heterocycles. The summed E-state index contributed by atoms with van der Waals surface area (Å²) >= 11 is 8.39. The minimum absolute atomic E-state index is 0.173. The lowest BCUT2D eigenvalue weighted by Crippen LogP contribution is -2.38. The Bertz CT molecular complexity index is 342. The number of hydrogen-bond acceptors (Lipinski definition) is 2. The first-order chi connectivity index (χ1) is 7.81. The highest BCUT2D eigenvalue weighted by Gasteiger charge is 2.23. The Balaban J connectivity index is 1.98. The van der Waals surface area contributed by atoms with Crippen molar-refractivity contribution in [2.45, 2.75) is 25.4 Å². The Morgan fingerprint density at radius 2 is 2.12 bits per heavy atom. The van der Waals surface area contributed by atoms with Crippen LogP contribution in [0.3, 0.4) is 0 Å². The fourth-order valence-corrected chi connectivity index (χ4v) is 3.07. The molecule has 3 heteroatoms. The normalized spacial score (nSPS) is 20.8. The number of nitrogens with zero attached hydrogens (tertiary/aromatic N) is 1. The Hall–Kier alpha value is -0.180. The molecule has 0 radical (unpaired) electrons. The van der Waals surface area contributed by atoms with Gasteiger partial charge in [0.05, 0.1) is 5.50 Å². The van der Waals surface area contributed by atoms with E-state index in [1.165, 1.54) is 22.6 Å². The maximum absolute atomic E-state index is 6.41. The predicted octanol–water partition coefficient (Wildman–Crippen LogP) is 3.36. The van der Waals surface area contributed by atoms with Gasteiger partial charge in [0.1, 0.15) is 0 Å². The van der Waals surface area contributed by atoms with E-state index < -0.39 is 0 Å². The van der Waals surface area contributed by atoms with Crippen molar-refractivity contribution in [2.75, 3.05) is 18.1 Å². The summed E-state index contributed by atoms with van der Waals surface area (Å²) in [7, 11) is 0. The van der Waals surface area contributed by atoms with E-state index in [1.54, 1.807) is 0 Å². The summed E-state index contributed by atoms with van der Waals surface area (Å²) < 4.78 is 0. The van der Waals surface area contributed by atoms with Crippen LogP contribution in [0.25, 0.3) is 0 Å². The van der Waals surface area contributed by atoms with Crippen molar-refractivity contribution in [3.63, 3.8) is 0 Å². The van der Waals surface area contributed by atoms with Crippen LogP contribution in [0, 0.1) is 0 Å². The second-order valence-corrected chi connectivity index (χ2v) is 5.97. The van der Waals surface area contributed by atoms with Gasteiger partial charge >= 0.3 is 0 Å². The van der Waals surface area contributed by atoms with Crippen molar-refractivity contribution in [3.05, 3.63) is 35.4 Å². The van der Waals surface area contributed by atoms with Gasteiger partial charge in [0.15, 0.2) is 0 Å². The van der Waals surface area contributed by atoms with Crippen molar-refractivity contribution in [2.24, 2.45) is 0 Å². The lowest BCUT2D eigenvalue weighted by Gasteiger charge is -2.33. The molecule has 0 bridgehead atoms. The van der Waals surface area contributed by atoms with E-state index in [0.29, 0.717) is 0 Å². The van der Waals surface area contributed by atoms with E-state index in [-0.39, 0.29) is 5.50 Å². The molecule has 0 N–H and O–H groups in total. The first-order valence-corrected chi connectivity index (χ1v) is 7.43. The SMILES string of the molecule is CCSCCN1Cc2ccccc2C[C@H]1Cl. The number of fused-ring (bicyclic) bond motifs is 1. The van der Waals surface area contributed by atoms with E-state index in [1.807, 2.05) is 11.8 Å². The highest BCUT2D eigenvalue weighted by atomic mass is 35.5. The summed E-state index contributed by atoms with van der Waals surface area (Å²) in [4.78, 5) is 2.38.